The van der Waals surface area contributed by atoms with Crippen molar-refractivity contribution < 1.29 is 0 Å². The molecule has 1 nitrogen and oxygen atoms in total. The fraction of sp³-hybridized carbons (Fsp3) is 0.429. The summed E-state index contributed by atoms with van der Waals surface area (Å²) in [5.41, 5.74) is 1.31. The molecule has 0 saturated heterocycles. The first-order valence-corrected chi connectivity index (χ1v) is 3.97. The number of allylic oxidation sites excluding steroid dienone is 3. The van der Waals surface area contributed by atoms with Gasteiger partial charge in [-0.25, -0.2) is 0 Å². The maximum absolute atomic E-state index is 3.21. The minimum absolute atomic E-state index is 0.613. The van der Waals surface area contributed by atoms with Crippen LogP contribution in [0.15, 0.2) is 23.3 Å². The zero-order valence-electron chi connectivity index (χ0n) is 5.72. The van der Waals surface area contributed by atoms with Gasteiger partial charge in [0.1, 0.15) is 0 Å². The van der Waals surface area contributed by atoms with Crippen LogP contribution in [0.4, 0.5) is 0 Å². The third kappa shape index (κ3) is 1.79. The zero-order chi connectivity index (χ0) is 6.69. The molecule has 0 radical (unpaired) electrons. The Balaban J connectivity index is 2.57. The average Bonchev–Trinajstić information content (AvgIpc) is 1.90. The number of hydrogen-bond donors (Lipinski definition) is 1. The van der Waals surface area contributed by atoms with Crippen molar-refractivity contribution in [3.05, 3.63) is 23.3 Å². The Hall–Kier alpha value is -0.370. The summed E-state index contributed by atoms with van der Waals surface area (Å²) in [4.78, 5) is 0. The predicted octanol–water partition coefficient (Wildman–Crippen LogP) is 2.29. The Labute approximate surface area is 60.4 Å². The topological polar surface area (TPSA) is 12.0 Å². The van der Waals surface area contributed by atoms with Crippen molar-refractivity contribution in [3.8, 4) is 0 Å². The van der Waals surface area contributed by atoms with Gasteiger partial charge >= 0.3 is 0 Å². The van der Waals surface area contributed by atoms with Crippen LogP contribution in [0.3, 0.4) is 0 Å². The van der Waals surface area contributed by atoms with E-state index >= 15 is 0 Å². The van der Waals surface area contributed by atoms with Gasteiger partial charge in [-0.2, -0.15) is 0 Å². The van der Waals surface area contributed by atoms with E-state index in [1.54, 1.807) is 11.9 Å². The first-order valence-electron chi connectivity index (χ1n) is 3.09. The lowest BCUT2D eigenvalue weighted by Crippen LogP contribution is -2.09. The number of rotatable bonds is 1. The SMILES string of the molecule is CC(C)C1=CC=CSN1. The van der Waals surface area contributed by atoms with Crippen LogP contribution in [0.25, 0.3) is 0 Å². The monoisotopic (exact) mass is 141 g/mol. The Morgan fingerprint density at radius 2 is 2.33 bits per heavy atom. The van der Waals surface area contributed by atoms with Crippen molar-refractivity contribution in [2.75, 3.05) is 0 Å². The predicted molar refractivity (Wildman–Crippen MR) is 42.8 cm³/mol. The molecular weight excluding hydrogens is 130 g/mol. The average molecular weight is 141 g/mol. The van der Waals surface area contributed by atoms with Gasteiger partial charge in [-0.05, 0) is 29.3 Å². The van der Waals surface area contributed by atoms with Gasteiger partial charge in [-0.3, -0.25) is 0 Å². The second kappa shape index (κ2) is 2.97. The van der Waals surface area contributed by atoms with E-state index < -0.39 is 0 Å². The summed E-state index contributed by atoms with van der Waals surface area (Å²) in [7, 11) is 0. The van der Waals surface area contributed by atoms with E-state index in [2.05, 4.69) is 30.7 Å². The van der Waals surface area contributed by atoms with Crippen molar-refractivity contribution in [2.24, 2.45) is 5.92 Å². The second-order valence-electron chi connectivity index (χ2n) is 2.33. The lowest BCUT2D eigenvalue weighted by Gasteiger charge is -2.13. The standard InChI is InChI=1S/C7H11NS/c1-6(2)7-4-3-5-9-8-7/h3-6,8H,1-2H3. The minimum Gasteiger partial charge on any atom is -0.330 e. The van der Waals surface area contributed by atoms with E-state index in [0.29, 0.717) is 5.92 Å². The van der Waals surface area contributed by atoms with Gasteiger partial charge < -0.3 is 4.72 Å². The van der Waals surface area contributed by atoms with Crippen molar-refractivity contribution in [2.45, 2.75) is 13.8 Å². The van der Waals surface area contributed by atoms with Crippen LogP contribution < -0.4 is 4.72 Å². The molecule has 1 rings (SSSR count). The summed E-state index contributed by atoms with van der Waals surface area (Å²) in [5.74, 6) is 0.613. The molecule has 0 spiro atoms. The van der Waals surface area contributed by atoms with Crippen molar-refractivity contribution in [1.82, 2.24) is 4.72 Å². The highest BCUT2D eigenvalue weighted by Crippen LogP contribution is 2.14. The third-order valence-corrected chi connectivity index (χ3v) is 1.87. The lowest BCUT2D eigenvalue weighted by molar-refractivity contribution is 0.739. The maximum atomic E-state index is 3.21. The molecule has 1 heterocycles. The molecular formula is C7H11NS. The van der Waals surface area contributed by atoms with Gasteiger partial charge in [0.15, 0.2) is 0 Å². The molecule has 0 fully saturated rings. The largest absolute Gasteiger partial charge is 0.330 e. The molecule has 9 heavy (non-hydrogen) atoms. The van der Waals surface area contributed by atoms with E-state index in [0.717, 1.165) is 0 Å². The van der Waals surface area contributed by atoms with E-state index in [1.807, 2.05) is 5.41 Å². The fourth-order valence-corrected chi connectivity index (χ4v) is 1.29. The molecule has 0 saturated carbocycles. The van der Waals surface area contributed by atoms with Gasteiger partial charge in [0.2, 0.25) is 0 Å². The van der Waals surface area contributed by atoms with Gasteiger partial charge in [-0.1, -0.05) is 19.9 Å². The van der Waals surface area contributed by atoms with Crippen LogP contribution >= 0.6 is 11.9 Å². The highest BCUT2D eigenvalue weighted by Gasteiger charge is 2.01. The van der Waals surface area contributed by atoms with Crippen molar-refractivity contribution in [1.29, 1.82) is 0 Å². The van der Waals surface area contributed by atoms with Gasteiger partial charge in [0.25, 0.3) is 0 Å². The number of hydrogen-bond acceptors (Lipinski definition) is 2. The van der Waals surface area contributed by atoms with Crippen molar-refractivity contribution >= 4 is 11.9 Å². The summed E-state index contributed by atoms with van der Waals surface area (Å²) in [6.45, 7) is 4.36. The van der Waals surface area contributed by atoms with Crippen molar-refractivity contribution in [3.63, 3.8) is 0 Å². The van der Waals surface area contributed by atoms with Gasteiger partial charge in [0, 0.05) is 5.70 Å². The van der Waals surface area contributed by atoms with Crippen LogP contribution in [0.2, 0.25) is 0 Å². The molecule has 1 aliphatic rings. The fourth-order valence-electron chi connectivity index (χ4n) is 0.629. The summed E-state index contributed by atoms with van der Waals surface area (Å²) < 4.78 is 3.21. The molecule has 0 bridgehead atoms. The molecule has 0 aromatic carbocycles. The minimum atomic E-state index is 0.613. The summed E-state index contributed by atoms with van der Waals surface area (Å²) in [5, 5.41) is 2.03. The Bertz CT molecular complexity index is 147. The highest BCUT2D eigenvalue weighted by atomic mass is 32.2. The second-order valence-corrected chi connectivity index (χ2v) is 3.04. The molecule has 1 aliphatic heterocycles. The summed E-state index contributed by atoms with van der Waals surface area (Å²) in [6, 6.07) is 0. The van der Waals surface area contributed by atoms with Crippen LogP contribution in [0.1, 0.15) is 13.8 Å². The van der Waals surface area contributed by atoms with E-state index in [4.69, 9.17) is 0 Å². The molecule has 0 atom stereocenters. The molecule has 0 aromatic rings. The molecule has 50 valence electrons. The van der Waals surface area contributed by atoms with Crippen LogP contribution in [-0.2, 0) is 0 Å². The Morgan fingerprint density at radius 1 is 1.56 bits per heavy atom. The normalized spacial score (nSPS) is 17.4. The first kappa shape index (κ1) is 6.75. The lowest BCUT2D eigenvalue weighted by atomic mass is 10.1. The van der Waals surface area contributed by atoms with Crippen LogP contribution in [-0.4, -0.2) is 0 Å². The van der Waals surface area contributed by atoms with E-state index in [9.17, 15) is 0 Å². The number of nitrogens with one attached hydrogen (secondary N) is 1. The molecule has 0 unspecified atom stereocenters. The van der Waals surface area contributed by atoms with E-state index in [-0.39, 0.29) is 0 Å². The maximum Gasteiger partial charge on any atom is 0.0239 e. The first-order chi connectivity index (χ1) is 4.30. The summed E-state index contributed by atoms with van der Waals surface area (Å²) in [6.07, 6.45) is 4.18. The Kier molecular flexibility index (Phi) is 2.22. The molecule has 1 N–H and O–H groups in total. The zero-order valence-corrected chi connectivity index (χ0v) is 6.53. The molecule has 0 aliphatic carbocycles. The van der Waals surface area contributed by atoms with Gasteiger partial charge in [-0.15, -0.1) is 0 Å². The van der Waals surface area contributed by atoms with E-state index in [1.165, 1.54) is 5.70 Å². The quantitative estimate of drug-likeness (QED) is 0.562. The van der Waals surface area contributed by atoms with Gasteiger partial charge in [0.05, 0.1) is 0 Å². The van der Waals surface area contributed by atoms with Crippen LogP contribution in [0.5, 0.6) is 0 Å². The van der Waals surface area contributed by atoms with Crippen LogP contribution in [0, 0.1) is 5.92 Å². The third-order valence-electron chi connectivity index (χ3n) is 1.22. The smallest absolute Gasteiger partial charge is 0.0239 e. The Morgan fingerprint density at radius 3 is 2.67 bits per heavy atom. The summed E-state index contributed by atoms with van der Waals surface area (Å²) >= 11 is 1.63. The molecule has 0 aromatic heterocycles. The molecule has 0 amide bonds. The highest BCUT2D eigenvalue weighted by molar-refractivity contribution is 8.00. The molecule has 2 heteroatoms.